The molecule has 0 aromatic carbocycles. The molecule has 3 nitrogen and oxygen atoms in total. The molecule has 2 heterocycles. The van der Waals surface area contributed by atoms with Crippen molar-refractivity contribution in [1.29, 1.82) is 0 Å². The first kappa shape index (κ1) is 12.9. The van der Waals surface area contributed by atoms with Gasteiger partial charge in [0.05, 0.1) is 14.8 Å². The molecule has 2 aromatic heterocycles. The first-order valence-electron chi connectivity index (χ1n) is 5.35. The van der Waals surface area contributed by atoms with Gasteiger partial charge in [-0.15, -0.1) is 11.3 Å². The summed E-state index contributed by atoms with van der Waals surface area (Å²) in [4.78, 5) is 23.8. The van der Waals surface area contributed by atoms with Crippen molar-refractivity contribution in [3.63, 3.8) is 0 Å². The van der Waals surface area contributed by atoms with Crippen molar-refractivity contribution >= 4 is 34.5 Å². The zero-order valence-corrected chi connectivity index (χ0v) is 11.3. The van der Waals surface area contributed by atoms with Crippen molar-refractivity contribution < 1.29 is 14.2 Å². The van der Waals surface area contributed by atoms with Crippen molar-refractivity contribution in [2.45, 2.75) is 13.5 Å². The molecule has 0 atom stereocenters. The number of hydrogen-bond donors (Lipinski definition) is 0. The van der Waals surface area contributed by atoms with Crippen LogP contribution in [0.15, 0.2) is 36.7 Å². The maximum absolute atomic E-state index is 12.0. The fraction of sp³-hybridized carbons (Fsp3) is 0.154. The highest BCUT2D eigenvalue weighted by Gasteiger charge is 2.15. The minimum Gasteiger partial charge on any atom is -0.294 e. The number of carbonyl (C=O) groups excluding carboxylic acids is 2. The van der Waals surface area contributed by atoms with Gasteiger partial charge in [0, 0.05) is 6.07 Å². The minimum absolute atomic E-state index is 0.0161. The molecular formula is C13H11ClNO2S+. The van der Waals surface area contributed by atoms with Crippen LogP contribution >= 0.6 is 22.9 Å². The quantitative estimate of drug-likeness (QED) is 0.638. The van der Waals surface area contributed by atoms with Crippen LogP contribution in [0, 0.1) is 0 Å². The van der Waals surface area contributed by atoms with Crippen LogP contribution in [-0.2, 0) is 6.54 Å². The van der Waals surface area contributed by atoms with Crippen LogP contribution < -0.4 is 4.57 Å². The molecule has 0 saturated carbocycles. The number of nitrogens with zero attached hydrogens (tertiary/aromatic N) is 1. The lowest BCUT2D eigenvalue weighted by atomic mass is 10.2. The van der Waals surface area contributed by atoms with Gasteiger partial charge in [0.2, 0.25) is 12.3 Å². The molecule has 0 unspecified atom stereocenters. The largest absolute Gasteiger partial charge is 0.294 e. The highest BCUT2D eigenvalue weighted by molar-refractivity contribution is 7.18. The maximum atomic E-state index is 12.0. The van der Waals surface area contributed by atoms with Crippen molar-refractivity contribution in [1.82, 2.24) is 0 Å². The summed E-state index contributed by atoms with van der Waals surface area (Å²) in [6.45, 7) is 1.71. The summed E-state index contributed by atoms with van der Waals surface area (Å²) >= 11 is 7.05. The fourth-order valence-corrected chi connectivity index (χ4v) is 2.51. The van der Waals surface area contributed by atoms with E-state index in [2.05, 4.69) is 0 Å². The van der Waals surface area contributed by atoms with Gasteiger partial charge in [-0.3, -0.25) is 9.59 Å². The molecule has 18 heavy (non-hydrogen) atoms. The summed E-state index contributed by atoms with van der Waals surface area (Å²) in [5.74, 6) is -0.0337. The lowest BCUT2D eigenvalue weighted by Crippen LogP contribution is -2.37. The van der Waals surface area contributed by atoms with E-state index in [0.29, 0.717) is 14.8 Å². The molecule has 0 amide bonds. The zero-order chi connectivity index (χ0) is 13.1. The predicted molar refractivity (Wildman–Crippen MR) is 70.3 cm³/mol. The van der Waals surface area contributed by atoms with Gasteiger partial charge in [0.25, 0.3) is 0 Å². The maximum Gasteiger partial charge on any atom is 0.237 e. The Hall–Kier alpha value is -1.52. The Morgan fingerprint density at radius 3 is 2.72 bits per heavy atom. The van der Waals surface area contributed by atoms with Gasteiger partial charge in [-0.1, -0.05) is 11.6 Å². The number of Topliss-reactive ketones (excluding diaryl/α,β-unsaturated/α-hetero) is 2. The third-order valence-electron chi connectivity index (χ3n) is 2.44. The van der Waals surface area contributed by atoms with Gasteiger partial charge in [0.1, 0.15) is 0 Å². The van der Waals surface area contributed by atoms with E-state index in [4.69, 9.17) is 11.6 Å². The van der Waals surface area contributed by atoms with Gasteiger partial charge in [-0.2, -0.15) is 4.57 Å². The Morgan fingerprint density at radius 1 is 1.33 bits per heavy atom. The second-order valence-electron chi connectivity index (χ2n) is 3.85. The summed E-state index contributed by atoms with van der Waals surface area (Å²) in [5.41, 5.74) is 0.592. The van der Waals surface area contributed by atoms with Crippen molar-refractivity contribution in [2.24, 2.45) is 0 Å². The SMILES string of the molecule is CC(=O)c1ccc[n+](CC(=O)c2ccc(Cl)s2)c1. The molecule has 0 aliphatic heterocycles. The Balaban J connectivity index is 2.16. The summed E-state index contributed by atoms with van der Waals surface area (Å²) in [7, 11) is 0. The van der Waals surface area contributed by atoms with Gasteiger partial charge >= 0.3 is 0 Å². The minimum atomic E-state index is -0.0176. The summed E-state index contributed by atoms with van der Waals surface area (Å²) in [6, 6.07) is 6.90. The molecule has 2 rings (SSSR count). The summed E-state index contributed by atoms with van der Waals surface area (Å²) < 4.78 is 2.30. The average Bonchev–Trinajstić information content (AvgIpc) is 2.76. The summed E-state index contributed by atoms with van der Waals surface area (Å²) in [6.07, 6.45) is 3.44. The molecule has 0 N–H and O–H groups in total. The van der Waals surface area contributed by atoms with Crippen LogP contribution in [0.2, 0.25) is 4.34 Å². The van der Waals surface area contributed by atoms with Crippen molar-refractivity contribution in [3.05, 3.63) is 51.4 Å². The van der Waals surface area contributed by atoms with Crippen LogP contribution in [0.25, 0.3) is 0 Å². The van der Waals surface area contributed by atoms with Crippen LogP contribution in [0.5, 0.6) is 0 Å². The molecule has 0 bridgehead atoms. The van der Waals surface area contributed by atoms with Crippen LogP contribution in [0.4, 0.5) is 0 Å². The van der Waals surface area contributed by atoms with E-state index >= 15 is 0 Å². The first-order chi connectivity index (χ1) is 8.56. The van der Waals surface area contributed by atoms with E-state index in [0.717, 1.165) is 0 Å². The highest BCUT2D eigenvalue weighted by atomic mass is 35.5. The molecule has 0 fully saturated rings. The Morgan fingerprint density at radius 2 is 2.11 bits per heavy atom. The smallest absolute Gasteiger partial charge is 0.237 e. The number of carbonyl (C=O) groups is 2. The molecule has 2 aromatic rings. The number of rotatable bonds is 4. The number of halogens is 1. The third kappa shape index (κ3) is 3.03. The van der Waals surface area contributed by atoms with Gasteiger partial charge in [0.15, 0.2) is 18.2 Å². The van der Waals surface area contributed by atoms with Crippen LogP contribution in [0.1, 0.15) is 27.0 Å². The second-order valence-corrected chi connectivity index (χ2v) is 5.56. The lowest BCUT2D eigenvalue weighted by molar-refractivity contribution is -0.683. The standard InChI is InChI=1S/C13H11ClNO2S/c1-9(16)10-3-2-6-15(7-10)8-11(17)12-4-5-13(14)18-12/h2-7H,8H2,1H3/q+1. The Kier molecular flexibility index (Phi) is 3.89. The van der Waals surface area contributed by atoms with Gasteiger partial charge in [-0.05, 0) is 25.1 Å². The Bertz CT molecular complexity index is 607. The molecule has 92 valence electrons. The zero-order valence-electron chi connectivity index (χ0n) is 9.72. The normalized spacial score (nSPS) is 10.3. The lowest BCUT2D eigenvalue weighted by Gasteiger charge is -1.97. The van der Waals surface area contributed by atoms with Gasteiger partial charge < -0.3 is 0 Å². The third-order valence-corrected chi connectivity index (χ3v) is 3.71. The molecule has 0 spiro atoms. The number of hydrogen-bond acceptors (Lipinski definition) is 3. The molecule has 0 saturated heterocycles. The molecular weight excluding hydrogens is 270 g/mol. The first-order valence-corrected chi connectivity index (χ1v) is 6.54. The molecule has 5 heteroatoms. The summed E-state index contributed by atoms with van der Waals surface area (Å²) in [5, 5.41) is 0. The average molecular weight is 281 g/mol. The molecule has 0 aliphatic carbocycles. The van der Waals surface area contributed by atoms with Gasteiger partial charge in [-0.25, -0.2) is 0 Å². The highest BCUT2D eigenvalue weighted by Crippen LogP contribution is 2.21. The van der Waals surface area contributed by atoms with E-state index in [9.17, 15) is 9.59 Å². The topological polar surface area (TPSA) is 38.0 Å². The van der Waals surface area contributed by atoms with Crippen LogP contribution in [-0.4, -0.2) is 11.6 Å². The number of thiophene rings is 1. The number of aromatic nitrogens is 1. The van der Waals surface area contributed by atoms with E-state index in [1.807, 2.05) is 0 Å². The van der Waals surface area contributed by atoms with Crippen molar-refractivity contribution in [3.8, 4) is 0 Å². The van der Waals surface area contributed by atoms with Crippen LogP contribution in [0.3, 0.4) is 0 Å². The van der Waals surface area contributed by atoms with E-state index in [-0.39, 0.29) is 18.1 Å². The van der Waals surface area contributed by atoms with Crippen molar-refractivity contribution in [2.75, 3.05) is 0 Å². The Labute approximate surface area is 114 Å². The molecule has 0 aliphatic rings. The van der Waals surface area contributed by atoms with E-state index < -0.39 is 0 Å². The van der Waals surface area contributed by atoms with E-state index in [1.54, 1.807) is 41.2 Å². The van der Waals surface area contributed by atoms with E-state index in [1.165, 1.54) is 18.3 Å². The predicted octanol–water partition coefficient (Wildman–Crippen LogP) is 2.77. The number of pyridine rings is 1. The molecule has 0 radical (unpaired) electrons. The number of ketones is 2. The fourth-order valence-electron chi connectivity index (χ4n) is 1.54. The monoisotopic (exact) mass is 280 g/mol. The second kappa shape index (κ2) is 5.42.